The van der Waals surface area contributed by atoms with Crippen LogP contribution in [0.2, 0.25) is 0 Å². The molecule has 1 atom stereocenters. The molecule has 0 aliphatic rings. The van der Waals surface area contributed by atoms with Crippen molar-refractivity contribution in [3.63, 3.8) is 0 Å². The molecule has 0 bridgehead atoms. The number of carbonyl (C=O) groups is 2. The number of benzene rings is 1. The highest BCUT2D eigenvalue weighted by molar-refractivity contribution is 5.89. The molecule has 2 aromatic heterocycles. The first kappa shape index (κ1) is 20.0. The summed E-state index contributed by atoms with van der Waals surface area (Å²) in [7, 11) is 0. The van der Waals surface area contributed by atoms with Gasteiger partial charge < -0.3 is 9.84 Å². The zero-order chi connectivity index (χ0) is 20.6. The van der Waals surface area contributed by atoms with Crippen molar-refractivity contribution in [3.05, 3.63) is 60.4 Å². The van der Waals surface area contributed by atoms with E-state index in [2.05, 4.69) is 31.3 Å². The summed E-state index contributed by atoms with van der Waals surface area (Å²) in [6, 6.07) is 11.6. The second-order valence-corrected chi connectivity index (χ2v) is 6.78. The fourth-order valence-corrected chi connectivity index (χ4v) is 2.62. The third-order valence-corrected chi connectivity index (χ3v) is 3.95. The summed E-state index contributed by atoms with van der Waals surface area (Å²) < 4.78 is 5.09. The lowest BCUT2D eigenvalue weighted by Gasteiger charge is -2.19. The molecule has 2 heterocycles. The van der Waals surface area contributed by atoms with E-state index in [-0.39, 0.29) is 17.8 Å². The van der Waals surface area contributed by atoms with Gasteiger partial charge in [0.05, 0.1) is 0 Å². The average Bonchev–Trinajstić information content (AvgIpc) is 3.20. The van der Waals surface area contributed by atoms with Crippen LogP contribution in [0.25, 0.3) is 11.4 Å². The van der Waals surface area contributed by atoms with Gasteiger partial charge in [-0.05, 0) is 23.6 Å². The molecule has 3 N–H and O–H groups in total. The van der Waals surface area contributed by atoms with Gasteiger partial charge in [-0.1, -0.05) is 49.3 Å². The smallest absolute Gasteiger partial charge is 0.340 e. The van der Waals surface area contributed by atoms with Gasteiger partial charge >= 0.3 is 6.01 Å². The van der Waals surface area contributed by atoms with Crippen molar-refractivity contribution in [2.75, 3.05) is 5.43 Å². The molecule has 0 aliphatic carbocycles. The van der Waals surface area contributed by atoms with E-state index in [1.807, 2.05) is 19.9 Å². The van der Waals surface area contributed by atoms with Crippen LogP contribution in [0, 0.1) is 5.92 Å². The zero-order valence-electron chi connectivity index (χ0n) is 16.1. The number of aromatic nitrogens is 3. The SMILES string of the molecule is CC(C)CC(=O)NC(C(=O)NNc1nc(-c2ccncc2)no1)c1ccccc1. The lowest BCUT2D eigenvalue weighted by Crippen LogP contribution is -2.42. The molecule has 2 amide bonds. The molecule has 0 saturated carbocycles. The quantitative estimate of drug-likeness (QED) is 0.502. The summed E-state index contributed by atoms with van der Waals surface area (Å²) in [5, 5.41) is 6.62. The summed E-state index contributed by atoms with van der Waals surface area (Å²) in [5.74, 6) is -0.134. The number of hydrogen-bond donors (Lipinski definition) is 3. The lowest BCUT2D eigenvalue weighted by atomic mass is 10.0. The van der Waals surface area contributed by atoms with E-state index in [1.54, 1.807) is 48.8 Å². The van der Waals surface area contributed by atoms with Crippen molar-refractivity contribution in [3.8, 4) is 11.4 Å². The van der Waals surface area contributed by atoms with Crippen LogP contribution >= 0.6 is 0 Å². The average molecular weight is 394 g/mol. The number of amides is 2. The van der Waals surface area contributed by atoms with Crippen molar-refractivity contribution in [2.45, 2.75) is 26.3 Å². The van der Waals surface area contributed by atoms with Gasteiger partial charge in [-0.3, -0.25) is 20.0 Å². The summed E-state index contributed by atoms with van der Waals surface area (Å²) in [6.45, 7) is 3.88. The van der Waals surface area contributed by atoms with Crippen LogP contribution < -0.4 is 16.2 Å². The number of hydrazine groups is 1. The molecule has 9 heteroatoms. The van der Waals surface area contributed by atoms with Crippen molar-refractivity contribution in [2.24, 2.45) is 5.92 Å². The second-order valence-electron chi connectivity index (χ2n) is 6.78. The van der Waals surface area contributed by atoms with Gasteiger partial charge in [0.1, 0.15) is 6.04 Å². The van der Waals surface area contributed by atoms with Crippen LogP contribution in [0.3, 0.4) is 0 Å². The highest BCUT2D eigenvalue weighted by Gasteiger charge is 2.23. The van der Waals surface area contributed by atoms with E-state index >= 15 is 0 Å². The van der Waals surface area contributed by atoms with E-state index in [9.17, 15) is 9.59 Å². The third kappa shape index (κ3) is 5.61. The van der Waals surface area contributed by atoms with E-state index in [0.29, 0.717) is 17.8 Å². The van der Waals surface area contributed by atoms with Gasteiger partial charge in [0.25, 0.3) is 5.91 Å². The minimum absolute atomic E-state index is 0.0190. The standard InChI is InChI=1S/C20H22N6O3/c1-13(2)12-16(27)22-17(14-6-4-3-5-7-14)19(28)24-25-20-23-18(26-29-20)15-8-10-21-11-9-15/h3-11,13,17H,12H2,1-2H3,(H,22,27)(H,24,28)(H,23,25,26). The highest BCUT2D eigenvalue weighted by atomic mass is 16.5. The van der Waals surface area contributed by atoms with E-state index < -0.39 is 11.9 Å². The Balaban J connectivity index is 1.67. The Bertz CT molecular complexity index is 943. The first-order valence-corrected chi connectivity index (χ1v) is 9.17. The van der Waals surface area contributed by atoms with E-state index in [0.717, 1.165) is 5.56 Å². The number of nitrogens with zero attached hydrogens (tertiary/aromatic N) is 3. The predicted octanol–water partition coefficient (Wildman–Crippen LogP) is 2.48. The first-order chi connectivity index (χ1) is 14.0. The summed E-state index contributed by atoms with van der Waals surface area (Å²) in [6.07, 6.45) is 3.55. The minimum Gasteiger partial charge on any atom is -0.340 e. The van der Waals surface area contributed by atoms with Crippen molar-refractivity contribution in [1.29, 1.82) is 0 Å². The van der Waals surface area contributed by atoms with Gasteiger partial charge in [0, 0.05) is 24.4 Å². The molecule has 0 radical (unpaired) electrons. The number of pyridine rings is 1. The maximum Gasteiger partial charge on any atom is 0.340 e. The van der Waals surface area contributed by atoms with Gasteiger partial charge in [-0.25, -0.2) is 5.43 Å². The Hall–Kier alpha value is -3.75. The molecule has 1 unspecified atom stereocenters. The summed E-state index contributed by atoms with van der Waals surface area (Å²) in [4.78, 5) is 33.0. The van der Waals surface area contributed by atoms with Crippen molar-refractivity contribution < 1.29 is 14.1 Å². The molecule has 150 valence electrons. The molecule has 0 fully saturated rings. The monoisotopic (exact) mass is 394 g/mol. The normalized spacial score (nSPS) is 11.7. The number of anilines is 1. The third-order valence-electron chi connectivity index (χ3n) is 3.95. The maximum absolute atomic E-state index is 12.7. The molecular weight excluding hydrogens is 372 g/mol. The minimum atomic E-state index is -0.863. The summed E-state index contributed by atoms with van der Waals surface area (Å²) in [5.41, 5.74) is 6.49. The Morgan fingerprint density at radius 1 is 1.07 bits per heavy atom. The van der Waals surface area contributed by atoms with Crippen LogP contribution in [0.4, 0.5) is 6.01 Å². The lowest BCUT2D eigenvalue weighted by molar-refractivity contribution is -0.129. The van der Waals surface area contributed by atoms with Crippen molar-refractivity contribution >= 4 is 17.8 Å². The van der Waals surface area contributed by atoms with Crippen LogP contribution in [0.1, 0.15) is 31.9 Å². The molecular formula is C20H22N6O3. The number of rotatable bonds is 8. The first-order valence-electron chi connectivity index (χ1n) is 9.17. The van der Waals surface area contributed by atoms with Crippen LogP contribution in [-0.4, -0.2) is 26.9 Å². The topological polar surface area (TPSA) is 122 Å². The molecule has 0 saturated heterocycles. The van der Waals surface area contributed by atoms with Gasteiger partial charge in [0.2, 0.25) is 11.7 Å². The second kappa shape index (κ2) is 9.45. The molecule has 9 nitrogen and oxygen atoms in total. The van der Waals surface area contributed by atoms with Gasteiger partial charge in [0.15, 0.2) is 0 Å². The zero-order valence-corrected chi connectivity index (χ0v) is 16.1. The molecule has 0 aliphatic heterocycles. The molecule has 3 aromatic rings. The Morgan fingerprint density at radius 3 is 2.48 bits per heavy atom. The Kier molecular flexibility index (Phi) is 6.51. The van der Waals surface area contributed by atoms with Gasteiger partial charge in [-0.2, -0.15) is 4.98 Å². The molecule has 0 spiro atoms. The van der Waals surface area contributed by atoms with Crippen LogP contribution in [0.5, 0.6) is 0 Å². The largest absolute Gasteiger partial charge is 0.340 e. The van der Waals surface area contributed by atoms with Crippen LogP contribution in [-0.2, 0) is 9.59 Å². The molecule has 29 heavy (non-hydrogen) atoms. The Labute approximate surface area is 167 Å². The van der Waals surface area contributed by atoms with E-state index in [1.165, 1.54) is 0 Å². The molecule has 1 aromatic carbocycles. The Morgan fingerprint density at radius 2 is 1.79 bits per heavy atom. The van der Waals surface area contributed by atoms with Crippen molar-refractivity contribution in [1.82, 2.24) is 25.9 Å². The molecule has 3 rings (SSSR count). The predicted molar refractivity (Wildman–Crippen MR) is 106 cm³/mol. The number of nitrogens with one attached hydrogen (secondary N) is 3. The fraction of sp³-hybridized carbons (Fsp3) is 0.250. The number of carbonyl (C=O) groups excluding carboxylic acids is 2. The number of hydrogen-bond acceptors (Lipinski definition) is 7. The van der Waals surface area contributed by atoms with Crippen LogP contribution in [0.15, 0.2) is 59.4 Å². The summed E-state index contributed by atoms with van der Waals surface area (Å²) >= 11 is 0. The fourth-order valence-electron chi connectivity index (χ4n) is 2.62. The maximum atomic E-state index is 12.7. The van der Waals surface area contributed by atoms with E-state index in [4.69, 9.17) is 4.52 Å². The van der Waals surface area contributed by atoms with Gasteiger partial charge in [-0.15, -0.1) is 0 Å². The highest BCUT2D eigenvalue weighted by Crippen LogP contribution is 2.17.